The average Bonchev–Trinajstić information content (AvgIpc) is 2.57. The summed E-state index contributed by atoms with van der Waals surface area (Å²) in [6, 6.07) is 2.70. The second-order valence-electron chi connectivity index (χ2n) is 5.97. The Kier molecular flexibility index (Phi) is 5.18. The van der Waals surface area contributed by atoms with E-state index < -0.39 is 5.82 Å². The monoisotopic (exact) mass is 328 g/mol. The third-order valence-corrected chi connectivity index (χ3v) is 5.00. The number of halogens is 2. The number of nitrogens with one attached hydrogen (secondary N) is 1. The van der Waals surface area contributed by atoms with Gasteiger partial charge in [0.15, 0.2) is 11.6 Å². The maximum atomic E-state index is 13.9. The predicted octanol–water partition coefficient (Wildman–Crippen LogP) is 2.56. The van der Waals surface area contributed by atoms with Crippen molar-refractivity contribution in [3.63, 3.8) is 0 Å². The number of benzene rings is 1. The van der Waals surface area contributed by atoms with Crippen LogP contribution in [-0.4, -0.2) is 49.4 Å². The van der Waals surface area contributed by atoms with Crippen LogP contribution in [0.3, 0.4) is 0 Å². The normalized spacial score (nSPS) is 22.6. The van der Waals surface area contributed by atoms with Crippen LogP contribution in [0.2, 0.25) is 5.02 Å². The maximum Gasteiger partial charge on any atom is 0.165 e. The van der Waals surface area contributed by atoms with Gasteiger partial charge in [0.05, 0.1) is 0 Å². The number of phenols is 1. The molecule has 2 saturated heterocycles. The molecule has 6 heteroatoms. The van der Waals surface area contributed by atoms with E-state index in [1.54, 1.807) is 6.07 Å². The molecular formula is C16H22ClFN2O2. The zero-order valence-corrected chi connectivity index (χ0v) is 13.3. The lowest BCUT2D eigenvalue weighted by Gasteiger charge is -2.41. The van der Waals surface area contributed by atoms with Gasteiger partial charge in [0.25, 0.3) is 0 Å². The molecule has 0 amide bonds. The van der Waals surface area contributed by atoms with E-state index in [1.165, 1.54) is 6.07 Å². The van der Waals surface area contributed by atoms with Crippen molar-refractivity contribution in [3.05, 3.63) is 28.5 Å². The van der Waals surface area contributed by atoms with Gasteiger partial charge in [-0.3, -0.25) is 4.90 Å². The Morgan fingerprint density at radius 2 is 1.95 bits per heavy atom. The van der Waals surface area contributed by atoms with Gasteiger partial charge in [-0.15, -0.1) is 0 Å². The van der Waals surface area contributed by atoms with E-state index in [4.69, 9.17) is 16.3 Å². The second-order valence-corrected chi connectivity index (χ2v) is 6.38. The highest BCUT2D eigenvalue weighted by Gasteiger charge is 2.35. The van der Waals surface area contributed by atoms with Crippen LogP contribution in [0.5, 0.6) is 5.75 Å². The Labute approximate surface area is 135 Å². The van der Waals surface area contributed by atoms with Gasteiger partial charge in [0.2, 0.25) is 0 Å². The number of phenolic OH excluding ortho intramolecular Hbond substituents is 1. The number of hydrogen-bond acceptors (Lipinski definition) is 4. The van der Waals surface area contributed by atoms with E-state index in [0.29, 0.717) is 29.7 Å². The fourth-order valence-corrected chi connectivity index (χ4v) is 3.81. The van der Waals surface area contributed by atoms with Crippen LogP contribution < -0.4 is 5.32 Å². The van der Waals surface area contributed by atoms with Crippen LogP contribution in [-0.2, 0) is 4.74 Å². The lowest BCUT2D eigenvalue weighted by Crippen LogP contribution is -2.47. The van der Waals surface area contributed by atoms with Crippen molar-refractivity contribution in [2.75, 3.05) is 39.4 Å². The first kappa shape index (κ1) is 16.0. The standard InChI is InChI=1S/C16H22ClFN2O2/c17-12-1-2-13(18)16(21)14(12)15(11-3-9-22-10-4-11)20-7-5-19-6-8-20/h1-2,11,15,19,21H,3-10H2/t15-/m1/s1. The number of rotatable bonds is 3. The molecule has 2 aliphatic heterocycles. The largest absolute Gasteiger partial charge is 0.505 e. The highest BCUT2D eigenvalue weighted by molar-refractivity contribution is 6.31. The Bertz CT molecular complexity index is 499. The van der Waals surface area contributed by atoms with Gasteiger partial charge in [-0.2, -0.15) is 0 Å². The van der Waals surface area contributed by atoms with Crippen molar-refractivity contribution in [3.8, 4) is 5.75 Å². The summed E-state index contributed by atoms with van der Waals surface area (Å²) in [4.78, 5) is 2.31. The summed E-state index contributed by atoms with van der Waals surface area (Å²) in [7, 11) is 0. The number of hydrogen-bond donors (Lipinski definition) is 2. The molecule has 0 saturated carbocycles. The molecule has 1 atom stereocenters. The summed E-state index contributed by atoms with van der Waals surface area (Å²) in [5.74, 6) is -0.592. The van der Waals surface area contributed by atoms with E-state index in [9.17, 15) is 9.50 Å². The SMILES string of the molecule is Oc1c(F)ccc(Cl)c1[C@@H](C1CCOCC1)N1CCNCC1. The van der Waals surface area contributed by atoms with Crippen molar-refractivity contribution < 1.29 is 14.2 Å². The van der Waals surface area contributed by atoms with Crippen molar-refractivity contribution in [1.29, 1.82) is 0 Å². The van der Waals surface area contributed by atoms with Crippen LogP contribution in [0.4, 0.5) is 4.39 Å². The maximum absolute atomic E-state index is 13.9. The highest BCUT2D eigenvalue weighted by atomic mass is 35.5. The molecule has 0 radical (unpaired) electrons. The molecule has 0 aromatic heterocycles. The first-order chi connectivity index (χ1) is 10.7. The van der Waals surface area contributed by atoms with Gasteiger partial charge in [-0.05, 0) is 30.9 Å². The van der Waals surface area contributed by atoms with Crippen LogP contribution >= 0.6 is 11.6 Å². The minimum atomic E-state index is -0.605. The van der Waals surface area contributed by atoms with Crippen molar-refractivity contribution in [2.45, 2.75) is 18.9 Å². The minimum Gasteiger partial charge on any atom is -0.505 e. The molecule has 122 valence electrons. The lowest BCUT2D eigenvalue weighted by molar-refractivity contribution is 0.0205. The zero-order valence-electron chi connectivity index (χ0n) is 12.5. The molecule has 3 rings (SSSR count). The Balaban J connectivity index is 1.98. The van der Waals surface area contributed by atoms with Crippen molar-refractivity contribution >= 4 is 11.6 Å². The van der Waals surface area contributed by atoms with E-state index in [0.717, 1.165) is 39.0 Å². The molecule has 0 aliphatic carbocycles. The number of piperazine rings is 1. The fourth-order valence-electron chi connectivity index (χ4n) is 3.55. The molecule has 4 nitrogen and oxygen atoms in total. The van der Waals surface area contributed by atoms with Crippen molar-refractivity contribution in [2.24, 2.45) is 5.92 Å². The number of nitrogens with zero attached hydrogens (tertiary/aromatic N) is 1. The Hall–Kier alpha value is -0.880. The van der Waals surface area contributed by atoms with Crippen LogP contribution in [0.25, 0.3) is 0 Å². The quantitative estimate of drug-likeness (QED) is 0.895. The summed E-state index contributed by atoms with van der Waals surface area (Å²) >= 11 is 6.33. The van der Waals surface area contributed by atoms with E-state index >= 15 is 0 Å². The fraction of sp³-hybridized carbons (Fsp3) is 0.625. The molecule has 22 heavy (non-hydrogen) atoms. The van der Waals surface area contributed by atoms with E-state index in [-0.39, 0.29) is 11.8 Å². The summed E-state index contributed by atoms with van der Waals surface area (Å²) in [6.07, 6.45) is 1.81. The summed E-state index contributed by atoms with van der Waals surface area (Å²) in [6.45, 7) is 4.95. The third-order valence-electron chi connectivity index (χ3n) is 4.67. The van der Waals surface area contributed by atoms with Gasteiger partial charge < -0.3 is 15.2 Å². The smallest absolute Gasteiger partial charge is 0.165 e. The van der Waals surface area contributed by atoms with Crippen LogP contribution in [0.1, 0.15) is 24.4 Å². The molecule has 1 aromatic rings. The first-order valence-electron chi connectivity index (χ1n) is 7.88. The van der Waals surface area contributed by atoms with Crippen LogP contribution in [0.15, 0.2) is 12.1 Å². The molecule has 0 spiro atoms. The van der Waals surface area contributed by atoms with Gasteiger partial charge >= 0.3 is 0 Å². The average molecular weight is 329 g/mol. The predicted molar refractivity (Wildman–Crippen MR) is 83.8 cm³/mol. The Morgan fingerprint density at radius 1 is 1.27 bits per heavy atom. The molecule has 0 bridgehead atoms. The molecule has 2 aliphatic rings. The van der Waals surface area contributed by atoms with Gasteiger partial charge in [0.1, 0.15) is 0 Å². The van der Waals surface area contributed by atoms with Gasteiger partial charge in [0, 0.05) is 56.0 Å². The molecule has 2 fully saturated rings. The molecule has 2 heterocycles. The summed E-state index contributed by atoms with van der Waals surface area (Å²) in [5, 5.41) is 14.0. The zero-order chi connectivity index (χ0) is 15.5. The van der Waals surface area contributed by atoms with E-state index in [1.807, 2.05) is 0 Å². The van der Waals surface area contributed by atoms with Gasteiger partial charge in [-0.1, -0.05) is 11.6 Å². The molecule has 1 aromatic carbocycles. The summed E-state index contributed by atoms with van der Waals surface area (Å²) < 4.78 is 19.3. The lowest BCUT2D eigenvalue weighted by atomic mass is 9.85. The molecule has 0 unspecified atom stereocenters. The van der Waals surface area contributed by atoms with E-state index in [2.05, 4.69) is 10.2 Å². The Morgan fingerprint density at radius 3 is 2.64 bits per heavy atom. The first-order valence-corrected chi connectivity index (χ1v) is 8.25. The molecule has 2 N–H and O–H groups in total. The van der Waals surface area contributed by atoms with Gasteiger partial charge in [-0.25, -0.2) is 4.39 Å². The minimum absolute atomic E-state index is 0.0609. The highest BCUT2D eigenvalue weighted by Crippen LogP contribution is 2.43. The number of ether oxygens (including phenoxy) is 1. The second kappa shape index (κ2) is 7.13. The summed E-state index contributed by atoms with van der Waals surface area (Å²) in [5.41, 5.74) is 0.537. The molecular weight excluding hydrogens is 307 g/mol. The topological polar surface area (TPSA) is 44.7 Å². The van der Waals surface area contributed by atoms with Crippen LogP contribution in [0, 0.1) is 11.7 Å². The number of aromatic hydroxyl groups is 1. The third kappa shape index (κ3) is 3.23. The van der Waals surface area contributed by atoms with Crippen molar-refractivity contribution in [1.82, 2.24) is 10.2 Å².